The van der Waals surface area contributed by atoms with E-state index >= 15 is 0 Å². The minimum absolute atomic E-state index is 0.533. The third kappa shape index (κ3) is 1.89. The fourth-order valence-corrected chi connectivity index (χ4v) is 3.34. The lowest BCUT2D eigenvalue weighted by Crippen LogP contribution is -1.83. The molecule has 3 aromatic rings. The first-order valence-electron chi connectivity index (χ1n) is 5.78. The van der Waals surface area contributed by atoms with Crippen molar-refractivity contribution in [2.45, 2.75) is 13.3 Å². The van der Waals surface area contributed by atoms with Gasteiger partial charge in [0.25, 0.3) is 0 Å². The van der Waals surface area contributed by atoms with Crippen LogP contribution in [0.2, 0.25) is 5.15 Å². The second-order valence-corrected chi connectivity index (χ2v) is 5.41. The molecule has 0 radical (unpaired) electrons. The van der Waals surface area contributed by atoms with Crippen LogP contribution in [0.1, 0.15) is 12.5 Å². The Morgan fingerprint density at radius 2 is 2.06 bits per heavy atom. The molecule has 18 heavy (non-hydrogen) atoms. The average Bonchev–Trinajstić information content (AvgIpc) is 2.84. The summed E-state index contributed by atoms with van der Waals surface area (Å²) in [5, 5.41) is 0.533. The summed E-state index contributed by atoms with van der Waals surface area (Å²) >= 11 is 7.74. The van der Waals surface area contributed by atoms with Crippen molar-refractivity contribution in [2.24, 2.45) is 0 Å². The standard InChI is InChI=1S/C14H11ClN2S/c1-2-9-5-3-4-6-10(9)12-7-11-13(18-12)14(15)17-8-16-11/h3-8H,2H2,1H3. The van der Waals surface area contributed by atoms with Crippen molar-refractivity contribution in [3.63, 3.8) is 0 Å². The Balaban J connectivity index is 2.23. The van der Waals surface area contributed by atoms with E-state index in [0.717, 1.165) is 16.6 Å². The van der Waals surface area contributed by atoms with Crippen LogP contribution < -0.4 is 0 Å². The van der Waals surface area contributed by atoms with E-state index in [0.29, 0.717) is 5.15 Å². The molecule has 1 aromatic carbocycles. The monoisotopic (exact) mass is 274 g/mol. The van der Waals surface area contributed by atoms with Gasteiger partial charge in [0.05, 0.1) is 10.2 Å². The molecule has 0 atom stereocenters. The van der Waals surface area contributed by atoms with Gasteiger partial charge in [-0.1, -0.05) is 42.8 Å². The van der Waals surface area contributed by atoms with E-state index in [1.165, 1.54) is 22.3 Å². The SMILES string of the molecule is CCc1ccccc1-c1cc2ncnc(Cl)c2s1. The quantitative estimate of drug-likeness (QED) is 0.640. The van der Waals surface area contributed by atoms with Crippen molar-refractivity contribution in [1.29, 1.82) is 0 Å². The van der Waals surface area contributed by atoms with Crippen LogP contribution >= 0.6 is 22.9 Å². The van der Waals surface area contributed by atoms with Crippen LogP contribution in [-0.2, 0) is 6.42 Å². The summed E-state index contributed by atoms with van der Waals surface area (Å²) in [6.07, 6.45) is 2.52. The van der Waals surface area contributed by atoms with Gasteiger partial charge in [0.1, 0.15) is 11.5 Å². The van der Waals surface area contributed by atoms with Crippen molar-refractivity contribution in [3.8, 4) is 10.4 Å². The highest BCUT2D eigenvalue weighted by Crippen LogP contribution is 2.36. The number of aryl methyl sites for hydroxylation is 1. The largest absolute Gasteiger partial charge is 0.235 e. The zero-order valence-electron chi connectivity index (χ0n) is 9.85. The lowest BCUT2D eigenvalue weighted by atomic mass is 10.0. The molecule has 0 saturated heterocycles. The third-order valence-electron chi connectivity index (χ3n) is 2.93. The molecule has 90 valence electrons. The first kappa shape index (κ1) is 11.6. The minimum Gasteiger partial charge on any atom is -0.235 e. The van der Waals surface area contributed by atoms with E-state index in [1.54, 1.807) is 11.3 Å². The van der Waals surface area contributed by atoms with Gasteiger partial charge in [0.2, 0.25) is 0 Å². The summed E-state index contributed by atoms with van der Waals surface area (Å²) in [4.78, 5) is 9.48. The van der Waals surface area contributed by atoms with Crippen LogP contribution in [0.15, 0.2) is 36.7 Å². The fourth-order valence-electron chi connectivity index (χ4n) is 2.03. The molecule has 2 heterocycles. The molecule has 3 rings (SSSR count). The normalized spacial score (nSPS) is 11.0. The van der Waals surface area contributed by atoms with Gasteiger partial charge in [-0.2, -0.15) is 0 Å². The number of hydrogen-bond donors (Lipinski definition) is 0. The van der Waals surface area contributed by atoms with Crippen LogP contribution in [-0.4, -0.2) is 9.97 Å². The highest BCUT2D eigenvalue weighted by molar-refractivity contribution is 7.22. The van der Waals surface area contributed by atoms with Crippen molar-refractivity contribution in [3.05, 3.63) is 47.4 Å². The molecule has 0 unspecified atom stereocenters. The summed E-state index contributed by atoms with van der Waals surface area (Å²) in [5.74, 6) is 0. The molecule has 0 spiro atoms. The molecular formula is C14H11ClN2S. The van der Waals surface area contributed by atoms with Gasteiger partial charge in [-0.25, -0.2) is 9.97 Å². The Labute approximate surface area is 114 Å². The van der Waals surface area contributed by atoms with Gasteiger partial charge in [-0.05, 0) is 23.6 Å². The molecule has 0 bridgehead atoms. The van der Waals surface area contributed by atoms with Crippen molar-refractivity contribution in [2.75, 3.05) is 0 Å². The molecule has 0 saturated carbocycles. The van der Waals surface area contributed by atoms with E-state index in [4.69, 9.17) is 11.6 Å². The topological polar surface area (TPSA) is 25.8 Å². The van der Waals surface area contributed by atoms with Gasteiger partial charge in [0.15, 0.2) is 0 Å². The zero-order valence-corrected chi connectivity index (χ0v) is 11.4. The Hall–Kier alpha value is -1.45. The third-order valence-corrected chi connectivity index (χ3v) is 4.49. The van der Waals surface area contributed by atoms with Crippen LogP contribution in [0.3, 0.4) is 0 Å². The number of aromatic nitrogens is 2. The highest BCUT2D eigenvalue weighted by atomic mass is 35.5. The van der Waals surface area contributed by atoms with E-state index < -0.39 is 0 Å². The summed E-state index contributed by atoms with van der Waals surface area (Å²) < 4.78 is 0.958. The Bertz CT molecular complexity index is 706. The summed E-state index contributed by atoms with van der Waals surface area (Å²) in [6, 6.07) is 10.5. The zero-order chi connectivity index (χ0) is 12.5. The second kappa shape index (κ2) is 4.67. The summed E-state index contributed by atoms with van der Waals surface area (Å²) in [6.45, 7) is 2.17. The van der Waals surface area contributed by atoms with E-state index in [2.05, 4.69) is 47.2 Å². The molecule has 0 aliphatic carbocycles. The maximum atomic E-state index is 6.09. The highest BCUT2D eigenvalue weighted by Gasteiger charge is 2.10. The van der Waals surface area contributed by atoms with Crippen LogP contribution in [0, 0.1) is 0 Å². The lowest BCUT2D eigenvalue weighted by Gasteiger charge is -2.04. The van der Waals surface area contributed by atoms with E-state index in [-0.39, 0.29) is 0 Å². The smallest absolute Gasteiger partial charge is 0.150 e. The van der Waals surface area contributed by atoms with Gasteiger partial charge in [-0.3, -0.25) is 0 Å². The number of thiophene rings is 1. The number of halogens is 1. The van der Waals surface area contributed by atoms with Crippen molar-refractivity contribution >= 4 is 33.2 Å². The molecule has 0 aliphatic rings. The summed E-state index contributed by atoms with van der Waals surface area (Å²) in [7, 11) is 0. The second-order valence-electron chi connectivity index (χ2n) is 4.00. The molecule has 4 heteroatoms. The van der Waals surface area contributed by atoms with Crippen molar-refractivity contribution in [1.82, 2.24) is 9.97 Å². The maximum Gasteiger partial charge on any atom is 0.150 e. The predicted octanol–water partition coefficient (Wildman–Crippen LogP) is 4.57. The number of fused-ring (bicyclic) bond motifs is 1. The lowest BCUT2D eigenvalue weighted by molar-refractivity contribution is 1.14. The molecular weight excluding hydrogens is 264 g/mol. The van der Waals surface area contributed by atoms with Crippen LogP contribution in [0.4, 0.5) is 0 Å². The van der Waals surface area contributed by atoms with E-state index in [9.17, 15) is 0 Å². The number of benzene rings is 1. The average molecular weight is 275 g/mol. The van der Waals surface area contributed by atoms with Crippen molar-refractivity contribution < 1.29 is 0 Å². The van der Waals surface area contributed by atoms with Crippen LogP contribution in [0.25, 0.3) is 20.7 Å². The van der Waals surface area contributed by atoms with Crippen LogP contribution in [0.5, 0.6) is 0 Å². The Kier molecular flexibility index (Phi) is 3.02. The maximum absolute atomic E-state index is 6.09. The Morgan fingerprint density at radius 3 is 2.83 bits per heavy atom. The van der Waals surface area contributed by atoms with Gasteiger partial charge in [0, 0.05) is 4.88 Å². The van der Waals surface area contributed by atoms with E-state index in [1.807, 2.05) is 0 Å². The molecule has 2 nitrogen and oxygen atoms in total. The Morgan fingerprint density at radius 1 is 1.22 bits per heavy atom. The first-order chi connectivity index (χ1) is 8.79. The molecule has 0 aliphatic heterocycles. The number of hydrogen-bond acceptors (Lipinski definition) is 3. The first-order valence-corrected chi connectivity index (χ1v) is 6.97. The van der Waals surface area contributed by atoms with Gasteiger partial charge < -0.3 is 0 Å². The number of rotatable bonds is 2. The molecule has 0 fully saturated rings. The van der Waals surface area contributed by atoms with Gasteiger partial charge in [-0.15, -0.1) is 11.3 Å². The minimum atomic E-state index is 0.533. The van der Waals surface area contributed by atoms with Gasteiger partial charge >= 0.3 is 0 Å². The molecule has 0 N–H and O–H groups in total. The molecule has 0 amide bonds. The fraction of sp³-hybridized carbons (Fsp3) is 0.143. The predicted molar refractivity (Wildman–Crippen MR) is 77.2 cm³/mol. The summed E-state index contributed by atoms with van der Waals surface area (Å²) in [5.41, 5.74) is 3.52. The number of nitrogens with zero attached hydrogens (tertiary/aromatic N) is 2. The molecule has 2 aromatic heterocycles.